The molecule has 0 fully saturated rings. The molecule has 0 unspecified atom stereocenters. The lowest BCUT2D eigenvalue weighted by Gasteiger charge is -2.29. The summed E-state index contributed by atoms with van der Waals surface area (Å²) < 4.78 is 0. The van der Waals surface area contributed by atoms with Crippen molar-refractivity contribution in [3.63, 3.8) is 0 Å². The Bertz CT molecular complexity index is 5950. The molecule has 0 bridgehead atoms. The van der Waals surface area contributed by atoms with Gasteiger partial charge < -0.3 is 31.9 Å². The monoisotopic (exact) mass is 1940 g/mol. The summed E-state index contributed by atoms with van der Waals surface area (Å²) >= 11 is 0. The number of anilines is 6. The van der Waals surface area contributed by atoms with Crippen LogP contribution in [0.2, 0.25) is 0 Å². The number of benzene rings is 19. The Morgan fingerprint density at radius 1 is 0.212 bits per heavy atom. The summed E-state index contributed by atoms with van der Waals surface area (Å²) in [4.78, 5) is 0. The second-order valence-corrected chi connectivity index (χ2v) is 34.8. The van der Waals surface area contributed by atoms with Crippen molar-refractivity contribution in [2.24, 2.45) is 0 Å². The number of para-hydroxylation sites is 6. The van der Waals surface area contributed by atoms with E-state index in [0.29, 0.717) is 11.8 Å². The molecule has 20 rings (SSSR count). The first-order chi connectivity index (χ1) is 71.2. The number of nitrogens with one attached hydrogen (secondary N) is 6. The Morgan fingerprint density at radius 2 is 0.418 bits per heavy atom. The van der Waals surface area contributed by atoms with Gasteiger partial charge in [-0.15, -0.1) is 0 Å². The molecule has 1 aliphatic carbocycles. The molecule has 19 aromatic rings. The van der Waals surface area contributed by atoms with Crippen molar-refractivity contribution in [2.45, 2.75) is 201 Å². The van der Waals surface area contributed by atoms with Crippen LogP contribution in [0.3, 0.4) is 0 Å². The Balaban J connectivity index is 0.000000414. The van der Waals surface area contributed by atoms with Crippen molar-refractivity contribution in [3.8, 4) is 11.1 Å². The van der Waals surface area contributed by atoms with Crippen LogP contribution in [-0.4, -0.2) is 42.3 Å². The molecule has 0 heterocycles. The van der Waals surface area contributed by atoms with Gasteiger partial charge >= 0.3 is 0 Å². The summed E-state index contributed by atoms with van der Waals surface area (Å²) in [6.45, 7) is 51.1. The highest BCUT2D eigenvalue weighted by atomic mass is 14.8. The van der Waals surface area contributed by atoms with E-state index < -0.39 is 0 Å². The first-order valence-electron chi connectivity index (χ1n) is 53.2. The maximum atomic E-state index is 3.03. The zero-order valence-corrected chi connectivity index (χ0v) is 94.4. The number of rotatable bonds is 12. The fourth-order valence-corrected chi connectivity index (χ4v) is 16.3. The van der Waals surface area contributed by atoms with Crippen molar-refractivity contribution in [2.75, 3.05) is 74.2 Å². The van der Waals surface area contributed by atoms with Gasteiger partial charge in [-0.3, -0.25) is 0 Å². The fraction of sp³-hybridized carbons (Fsp3) is 0.257. The number of fused-ring (bicyclic) bond motifs is 8. The first-order valence-corrected chi connectivity index (χ1v) is 53.2. The van der Waals surface area contributed by atoms with Crippen LogP contribution in [-0.2, 0) is 16.2 Å². The number of hydrogen-bond acceptors (Lipinski definition) is 6. The molecule has 6 nitrogen and oxygen atoms in total. The van der Waals surface area contributed by atoms with Gasteiger partial charge in [0.2, 0.25) is 0 Å². The molecule has 0 aliphatic heterocycles. The van der Waals surface area contributed by atoms with Crippen molar-refractivity contribution in [1.29, 1.82) is 0 Å². The topological polar surface area (TPSA) is 72.2 Å². The van der Waals surface area contributed by atoms with Crippen LogP contribution in [0.1, 0.15) is 229 Å². The van der Waals surface area contributed by atoms with E-state index in [1.54, 1.807) is 0 Å². The molecular weight excluding hydrogens is 1770 g/mol. The van der Waals surface area contributed by atoms with Crippen molar-refractivity contribution in [3.05, 3.63) is 518 Å². The highest BCUT2D eigenvalue weighted by Gasteiger charge is 2.34. The summed E-state index contributed by atoms with van der Waals surface area (Å²) in [7, 11) is 11.5. The van der Waals surface area contributed by atoms with E-state index in [4.69, 9.17) is 0 Å². The number of hydrogen-bond donors (Lipinski definition) is 6. The van der Waals surface area contributed by atoms with Crippen LogP contribution < -0.4 is 31.9 Å². The molecule has 19 aromatic carbocycles. The second kappa shape index (κ2) is 73.4. The summed E-state index contributed by atoms with van der Waals surface area (Å²) in [5, 5.41) is 31.6. The second-order valence-electron chi connectivity index (χ2n) is 34.8. The Labute approximate surface area is 885 Å². The lowest BCUT2D eigenvalue weighted by atomic mass is 9.74. The van der Waals surface area contributed by atoms with Crippen molar-refractivity contribution >= 4 is 88.0 Å². The van der Waals surface area contributed by atoms with Gasteiger partial charge in [0.15, 0.2) is 0 Å². The van der Waals surface area contributed by atoms with Crippen LogP contribution in [0.25, 0.3) is 65.0 Å². The molecule has 6 heteroatoms. The zero-order valence-electron chi connectivity index (χ0n) is 94.4. The minimum atomic E-state index is -0.0538. The van der Waals surface area contributed by atoms with E-state index in [0.717, 1.165) is 34.1 Å². The third kappa shape index (κ3) is 40.8. The van der Waals surface area contributed by atoms with E-state index >= 15 is 0 Å². The smallest absolute Gasteiger partial charge is 0.0337 e. The van der Waals surface area contributed by atoms with Gasteiger partial charge in [-0.05, 0) is 200 Å². The normalized spacial score (nSPS) is 10.2. The van der Waals surface area contributed by atoms with Gasteiger partial charge in [-0.1, -0.05) is 567 Å². The van der Waals surface area contributed by atoms with Crippen molar-refractivity contribution in [1.82, 2.24) is 0 Å². The molecule has 6 N–H and O–H groups in total. The quantitative estimate of drug-likeness (QED) is 0.0685. The van der Waals surface area contributed by atoms with E-state index in [1.165, 1.54) is 116 Å². The Hall–Kier alpha value is -14.7. The lowest BCUT2D eigenvalue weighted by Crippen LogP contribution is -2.19. The highest BCUT2D eigenvalue weighted by molar-refractivity contribution is 6.03. The third-order valence-electron chi connectivity index (χ3n) is 23.6. The van der Waals surface area contributed by atoms with Gasteiger partial charge in [0.05, 0.1) is 0 Å². The van der Waals surface area contributed by atoms with Gasteiger partial charge in [0.25, 0.3) is 0 Å². The summed E-state index contributed by atoms with van der Waals surface area (Å²) in [5.74, 6) is 1.15. The molecule has 0 aromatic heterocycles. The van der Waals surface area contributed by atoms with Crippen LogP contribution in [0, 0.1) is 0 Å². The molecule has 0 saturated carbocycles. The third-order valence-corrected chi connectivity index (χ3v) is 23.6. The molecule has 0 saturated heterocycles. The first kappa shape index (κ1) is 125. The maximum absolute atomic E-state index is 3.03. The van der Waals surface area contributed by atoms with Crippen LogP contribution in [0.15, 0.2) is 473 Å². The molecule has 0 amide bonds. The van der Waals surface area contributed by atoms with Crippen LogP contribution in [0.5, 0.6) is 0 Å². The standard InChI is InChI=1S/C23H20.C17H16.C15H14.C15H16.C13H14.6C7H9N.C3H8.6C2H6/c1-23(2,21-15-7-11-17-9-3-5-13-19(17)21)22-16-8-12-18-10-4-6-14-20(18)22;1-12(2)17-15-9-5-3-7-13(15)11-14-8-4-6-10-16(14)17;1-15(2)13-9-5-3-7-11(13)12-8-4-6-10-14(12)15;1-15(2,13-9-5-3-6-10-13)14-11-7-4-8-12-14;1-10(2)12-9-5-7-11-6-3-4-8-13(11)12;6*1-8-7-5-3-2-4-6-7;1-3-2;6*1-2/h3-16H,1-2H3;3-12H,1-2H3;3-10H,1-2H3;3-12H,1-2H3;3-10H,1-2H3;6*2-6,8H,1H3;3H2,1-2H3;6*1-2H3. The minimum absolute atomic E-state index is 0.0538. The predicted octanol–water partition coefficient (Wildman–Crippen LogP) is 41.3. The van der Waals surface area contributed by atoms with Crippen LogP contribution >= 0.6 is 0 Å². The van der Waals surface area contributed by atoms with E-state index in [1.807, 2.05) is 307 Å². The van der Waals surface area contributed by atoms with E-state index in [9.17, 15) is 0 Å². The molecule has 146 heavy (non-hydrogen) atoms. The van der Waals surface area contributed by atoms with Gasteiger partial charge in [-0.25, -0.2) is 0 Å². The van der Waals surface area contributed by atoms with Crippen LogP contribution in [0.4, 0.5) is 34.1 Å². The zero-order chi connectivity index (χ0) is 108. The maximum Gasteiger partial charge on any atom is 0.0337 e. The average molecular weight is 1950 g/mol. The molecule has 0 radical (unpaired) electrons. The fourth-order valence-electron chi connectivity index (χ4n) is 16.3. The van der Waals surface area contributed by atoms with Gasteiger partial charge in [0.1, 0.15) is 0 Å². The van der Waals surface area contributed by atoms with Gasteiger partial charge in [0, 0.05) is 92.7 Å². The summed E-state index contributed by atoms with van der Waals surface area (Å²) in [6.07, 6.45) is 1.25. The van der Waals surface area contributed by atoms with Gasteiger partial charge in [-0.2, -0.15) is 0 Å². The molecule has 768 valence electrons. The molecule has 1 aliphatic rings. The average Bonchev–Trinajstić information content (AvgIpc) is 1.65. The minimum Gasteiger partial charge on any atom is -0.388 e. The largest absolute Gasteiger partial charge is 0.388 e. The Morgan fingerprint density at radius 3 is 0.671 bits per heavy atom. The van der Waals surface area contributed by atoms with Crippen molar-refractivity contribution < 1.29 is 0 Å². The SMILES string of the molecule is CC.CC.CC.CC.CC.CC.CC(C)(c1cccc2ccccc12)c1cccc2ccccc12.CC(C)(c1ccccc1)c1ccccc1.CC(C)c1c2ccccc2cc2ccccc12.CC(C)c1cccc2ccccc12.CC1(C)c2ccccc2-c2ccccc21.CCC.CNc1ccccc1.CNc1ccccc1.CNc1ccccc1.CNc1ccccc1.CNc1ccccc1.CNc1ccccc1. The Kier molecular flexibility index (Phi) is 63.0. The highest BCUT2D eigenvalue weighted by Crippen LogP contribution is 2.48. The van der Waals surface area contributed by atoms with E-state index in [-0.39, 0.29) is 16.2 Å². The summed E-state index contributed by atoms with van der Waals surface area (Å²) in [5.41, 5.74) is 21.2. The molecule has 0 spiro atoms. The molecule has 0 atom stereocenters. The molecular formula is C140H178N6. The summed E-state index contributed by atoms with van der Waals surface area (Å²) in [6, 6.07) is 164. The lowest BCUT2D eigenvalue weighted by molar-refractivity contribution is 0.641. The van der Waals surface area contributed by atoms with E-state index in [2.05, 4.69) is 406 Å². The predicted molar refractivity (Wildman–Crippen MR) is 663 cm³/mol.